The summed E-state index contributed by atoms with van der Waals surface area (Å²) in [7, 11) is 3.08. The van der Waals surface area contributed by atoms with Crippen molar-refractivity contribution in [3.05, 3.63) is 35.4 Å². The Morgan fingerprint density at radius 2 is 1.68 bits per heavy atom. The van der Waals surface area contributed by atoms with E-state index in [1.54, 1.807) is 7.11 Å². The quantitative estimate of drug-likeness (QED) is 0.627. The molecule has 0 radical (unpaired) electrons. The number of carbonyl (C=O) groups is 2. The summed E-state index contributed by atoms with van der Waals surface area (Å²) >= 11 is 0. The molecule has 2 bridgehead atoms. The molecule has 186 valence electrons. The number of nitrogens with zero attached hydrogens (tertiary/aromatic N) is 3. The van der Waals surface area contributed by atoms with Crippen LogP contribution in [0.5, 0.6) is 0 Å². The largest absolute Gasteiger partial charge is 0.453 e. The van der Waals surface area contributed by atoms with Crippen LogP contribution in [0.3, 0.4) is 0 Å². The van der Waals surface area contributed by atoms with Crippen LogP contribution in [-0.2, 0) is 26.2 Å². The summed E-state index contributed by atoms with van der Waals surface area (Å²) < 4.78 is 15.5. The van der Waals surface area contributed by atoms with Crippen molar-refractivity contribution >= 4 is 12.2 Å². The molecule has 1 aromatic rings. The fraction of sp³-hybridized carbons (Fsp3) is 0.692. The molecule has 4 heterocycles. The molecule has 3 saturated heterocycles. The molecule has 2 amide bonds. The number of piperidine rings is 2. The zero-order chi connectivity index (χ0) is 23.7. The maximum atomic E-state index is 12.6. The lowest BCUT2D eigenvalue weighted by Gasteiger charge is -2.51. The summed E-state index contributed by atoms with van der Waals surface area (Å²) in [6, 6.07) is 9.66. The van der Waals surface area contributed by atoms with Crippen LogP contribution in [0, 0.1) is 0 Å². The van der Waals surface area contributed by atoms with Crippen LogP contribution in [0.4, 0.5) is 9.59 Å². The SMILES string of the molecule is COCCOC(=O)N1C2CCC1CC(N1CCC3(CC1)CN(C(=O)OC)Cc1ccccc13)C2. The molecular weight excluding hydrogens is 434 g/mol. The molecule has 8 nitrogen and oxygen atoms in total. The number of amides is 2. The zero-order valence-corrected chi connectivity index (χ0v) is 20.4. The predicted octanol–water partition coefficient (Wildman–Crippen LogP) is 3.38. The molecule has 0 N–H and O–H groups in total. The highest BCUT2D eigenvalue weighted by molar-refractivity contribution is 5.69. The van der Waals surface area contributed by atoms with Gasteiger partial charge in [0.15, 0.2) is 0 Å². The lowest BCUT2D eigenvalue weighted by Crippen LogP contribution is -2.57. The average Bonchev–Trinajstić information content (AvgIpc) is 3.13. The van der Waals surface area contributed by atoms with E-state index in [9.17, 15) is 9.59 Å². The minimum atomic E-state index is -0.238. The third-order valence-electron chi connectivity index (χ3n) is 8.58. The molecular formula is C26H37N3O5. The Morgan fingerprint density at radius 3 is 2.35 bits per heavy atom. The fourth-order valence-corrected chi connectivity index (χ4v) is 6.92. The van der Waals surface area contributed by atoms with Crippen LogP contribution in [0.2, 0.25) is 0 Å². The number of hydrogen-bond acceptors (Lipinski definition) is 6. The summed E-state index contributed by atoms with van der Waals surface area (Å²) in [4.78, 5) is 31.6. The van der Waals surface area contributed by atoms with Crippen molar-refractivity contribution in [3.8, 4) is 0 Å². The van der Waals surface area contributed by atoms with Crippen LogP contribution in [0.25, 0.3) is 0 Å². The van der Waals surface area contributed by atoms with Crippen LogP contribution in [0.15, 0.2) is 24.3 Å². The Bertz CT molecular complexity index is 886. The van der Waals surface area contributed by atoms with Crippen LogP contribution < -0.4 is 0 Å². The Morgan fingerprint density at radius 1 is 0.971 bits per heavy atom. The molecule has 2 unspecified atom stereocenters. The van der Waals surface area contributed by atoms with Crippen molar-refractivity contribution in [1.29, 1.82) is 0 Å². The number of hydrogen-bond donors (Lipinski definition) is 0. The summed E-state index contributed by atoms with van der Waals surface area (Å²) in [6.45, 7) is 4.13. The first kappa shape index (κ1) is 23.4. The van der Waals surface area contributed by atoms with E-state index in [4.69, 9.17) is 14.2 Å². The molecule has 4 aliphatic rings. The third-order valence-corrected chi connectivity index (χ3v) is 8.58. The van der Waals surface area contributed by atoms with Gasteiger partial charge in [-0.1, -0.05) is 24.3 Å². The van der Waals surface area contributed by atoms with Crippen LogP contribution >= 0.6 is 0 Å². The molecule has 2 atom stereocenters. The van der Waals surface area contributed by atoms with Crippen molar-refractivity contribution < 1.29 is 23.8 Å². The molecule has 0 saturated carbocycles. The first-order valence-corrected chi connectivity index (χ1v) is 12.6. The van der Waals surface area contributed by atoms with Gasteiger partial charge in [0.25, 0.3) is 0 Å². The number of ether oxygens (including phenoxy) is 3. The number of fused-ring (bicyclic) bond motifs is 4. The first-order valence-electron chi connectivity index (χ1n) is 12.6. The molecule has 1 aromatic carbocycles. The topological polar surface area (TPSA) is 71.6 Å². The van der Waals surface area contributed by atoms with Crippen molar-refractivity contribution in [2.75, 3.05) is 47.1 Å². The number of likely N-dealkylation sites (tertiary alicyclic amines) is 1. The molecule has 34 heavy (non-hydrogen) atoms. The molecule has 1 spiro atoms. The maximum absolute atomic E-state index is 12.6. The van der Waals surface area contributed by atoms with E-state index in [0.717, 1.165) is 58.2 Å². The summed E-state index contributed by atoms with van der Waals surface area (Å²) in [5.74, 6) is 0. The van der Waals surface area contributed by atoms with Gasteiger partial charge in [-0.2, -0.15) is 0 Å². The second-order valence-electron chi connectivity index (χ2n) is 10.3. The molecule has 0 aliphatic carbocycles. The third kappa shape index (κ3) is 4.26. The smallest absolute Gasteiger partial charge is 0.410 e. The van der Waals surface area contributed by atoms with Crippen molar-refractivity contribution in [2.24, 2.45) is 0 Å². The van der Waals surface area contributed by atoms with Gasteiger partial charge in [-0.05, 0) is 62.7 Å². The highest BCUT2D eigenvalue weighted by atomic mass is 16.6. The van der Waals surface area contributed by atoms with E-state index < -0.39 is 0 Å². The normalized spacial score (nSPS) is 28.0. The van der Waals surface area contributed by atoms with E-state index in [1.165, 1.54) is 18.2 Å². The van der Waals surface area contributed by atoms with Gasteiger partial charge in [-0.3, -0.25) is 0 Å². The number of carbonyl (C=O) groups excluding carboxylic acids is 2. The molecule has 4 aliphatic heterocycles. The van der Waals surface area contributed by atoms with Gasteiger partial charge in [0.1, 0.15) is 6.61 Å². The second-order valence-corrected chi connectivity index (χ2v) is 10.3. The highest BCUT2D eigenvalue weighted by Gasteiger charge is 2.48. The molecule has 8 heteroatoms. The lowest BCUT2D eigenvalue weighted by molar-refractivity contribution is 0.0133. The standard InChI is InChI=1S/C26H37N3O5/c1-32-13-14-34-25(31)29-20-7-8-21(29)16-22(15-20)27-11-9-26(10-12-27)18-28(24(30)33-2)17-19-5-3-4-6-23(19)26/h3-6,20-22H,7-18H2,1-2H3. The van der Waals surface area contributed by atoms with E-state index in [0.29, 0.717) is 25.8 Å². The van der Waals surface area contributed by atoms with Gasteiger partial charge < -0.3 is 28.9 Å². The first-order chi connectivity index (χ1) is 16.5. The van der Waals surface area contributed by atoms with Gasteiger partial charge >= 0.3 is 12.2 Å². The van der Waals surface area contributed by atoms with Gasteiger partial charge in [0, 0.05) is 43.7 Å². The van der Waals surface area contributed by atoms with Crippen LogP contribution in [-0.4, -0.2) is 92.1 Å². The Balaban J connectivity index is 1.24. The van der Waals surface area contributed by atoms with E-state index in [1.807, 2.05) is 9.80 Å². The molecule has 3 fully saturated rings. The Hall–Kier alpha value is -2.32. The molecule has 0 aromatic heterocycles. The summed E-state index contributed by atoms with van der Waals surface area (Å²) in [5, 5.41) is 0. The number of benzene rings is 1. The van der Waals surface area contributed by atoms with Gasteiger partial charge in [0.2, 0.25) is 0 Å². The van der Waals surface area contributed by atoms with Gasteiger partial charge in [0.05, 0.1) is 13.7 Å². The Kier molecular flexibility index (Phi) is 6.71. The maximum Gasteiger partial charge on any atom is 0.410 e. The van der Waals surface area contributed by atoms with Crippen LogP contribution in [0.1, 0.15) is 49.7 Å². The van der Waals surface area contributed by atoms with Crippen molar-refractivity contribution in [1.82, 2.24) is 14.7 Å². The Labute approximate surface area is 202 Å². The fourth-order valence-electron chi connectivity index (χ4n) is 6.92. The zero-order valence-electron chi connectivity index (χ0n) is 20.4. The monoisotopic (exact) mass is 471 g/mol. The second kappa shape index (κ2) is 9.74. The number of rotatable bonds is 4. The average molecular weight is 472 g/mol. The summed E-state index contributed by atoms with van der Waals surface area (Å²) in [5.41, 5.74) is 2.64. The van der Waals surface area contributed by atoms with Gasteiger partial charge in [-0.25, -0.2) is 9.59 Å². The minimum Gasteiger partial charge on any atom is -0.453 e. The van der Waals surface area contributed by atoms with E-state index in [2.05, 4.69) is 29.2 Å². The van der Waals surface area contributed by atoms with Crippen molar-refractivity contribution in [3.63, 3.8) is 0 Å². The lowest BCUT2D eigenvalue weighted by atomic mass is 9.68. The molecule has 5 rings (SSSR count). The van der Waals surface area contributed by atoms with Crippen molar-refractivity contribution in [2.45, 2.75) is 68.6 Å². The summed E-state index contributed by atoms with van der Waals surface area (Å²) in [6.07, 6.45) is 5.83. The number of methoxy groups -OCH3 is 2. The van der Waals surface area contributed by atoms with E-state index in [-0.39, 0.29) is 29.7 Å². The predicted molar refractivity (Wildman–Crippen MR) is 127 cm³/mol. The van der Waals surface area contributed by atoms with E-state index >= 15 is 0 Å². The van der Waals surface area contributed by atoms with Gasteiger partial charge in [-0.15, -0.1) is 0 Å². The minimum absolute atomic E-state index is 0.00955. The highest BCUT2D eigenvalue weighted by Crippen LogP contribution is 2.44.